The molecule has 0 radical (unpaired) electrons. The zero-order valence-corrected chi connectivity index (χ0v) is 13.0. The largest absolute Gasteiger partial charge is 0.491 e. The Balaban J connectivity index is 2.50. The topological polar surface area (TPSA) is 35.2 Å². The van der Waals surface area contributed by atoms with E-state index in [-0.39, 0.29) is 11.9 Å². The molecule has 2 N–H and O–H groups in total. The molecule has 0 aliphatic carbocycles. The lowest BCUT2D eigenvalue weighted by molar-refractivity contribution is 0.237. The summed E-state index contributed by atoms with van der Waals surface area (Å²) < 4.78 is 19.7. The van der Waals surface area contributed by atoms with Crippen molar-refractivity contribution in [2.75, 3.05) is 0 Å². The van der Waals surface area contributed by atoms with Crippen LogP contribution in [-0.4, -0.2) is 6.10 Å². The SMILES string of the molecule is Cc1ccc(C(C)(N)c2ccccc2OC(C)C)cc1F. The Morgan fingerprint density at radius 1 is 1.14 bits per heavy atom. The first-order valence-corrected chi connectivity index (χ1v) is 7.14. The van der Waals surface area contributed by atoms with Crippen LogP contribution in [0.25, 0.3) is 0 Å². The first-order valence-electron chi connectivity index (χ1n) is 7.14. The molecule has 0 aliphatic rings. The van der Waals surface area contributed by atoms with E-state index in [9.17, 15) is 4.39 Å². The van der Waals surface area contributed by atoms with E-state index in [1.54, 1.807) is 13.0 Å². The van der Waals surface area contributed by atoms with Crippen LogP contribution in [0.15, 0.2) is 42.5 Å². The second kappa shape index (κ2) is 5.86. The third kappa shape index (κ3) is 3.24. The van der Waals surface area contributed by atoms with Crippen molar-refractivity contribution in [1.29, 1.82) is 0 Å². The van der Waals surface area contributed by atoms with E-state index in [1.165, 1.54) is 6.07 Å². The molecule has 0 heterocycles. The van der Waals surface area contributed by atoms with Gasteiger partial charge in [0.2, 0.25) is 0 Å². The van der Waals surface area contributed by atoms with E-state index in [0.717, 1.165) is 16.9 Å². The average molecular weight is 287 g/mol. The summed E-state index contributed by atoms with van der Waals surface area (Å²) in [6.07, 6.45) is 0.0525. The minimum absolute atomic E-state index is 0.0525. The molecule has 0 spiro atoms. The molecule has 2 aromatic carbocycles. The summed E-state index contributed by atoms with van der Waals surface area (Å²) in [6.45, 7) is 7.55. The smallest absolute Gasteiger partial charge is 0.126 e. The first kappa shape index (κ1) is 15.5. The van der Waals surface area contributed by atoms with Crippen LogP contribution in [0.1, 0.15) is 37.5 Å². The lowest BCUT2D eigenvalue weighted by Crippen LogP contribution is -2.35. The van der Waals surface area contributed by atoms with Gasteiger partial charge in [-0.25, -0.2) is 4.39 Å². The molecule has 0 aliphatic heterocycles. The highest BCUT2D eigenvalue weighted by molar-refractivity contribution is 5.46. The number of hydrogen-bond acceptors (Lipinski definition) is 2. The van der Waals surface area contributed by atoms with Gasteiger partial charge in [0.05, 0.1) is 11.6 Å². The summed E-state index contributed by atoms with van der Waals surface area (Å²) in [5, 5.41) is 0. The quantitative estimate of drug-likeness (QED) is 0.917. The highest BCUT2D eigenvalue weighted by atomic mass is 19.1. The number of hydrogen-bond donors (Lipinski definition) is 1. The molecule has 0 bridgehead atoms. The van der Waals surface area contributed by atoms with Crippen molar-refractivity contribution in [2.24, 2.45) is 5.73 Å². The standard InChI is InChI=1S/C18H22FNO/c1-12(2)21-17-8-6-5-7-15(17)18(4,20)14-10-9-13(3)16(19)11-14/h5-12H,20H2,1-4H3. The maximum absolute atomic E-state index is 13.8. The first-order chi connectivity index (χ1) is 9.82. The number of ether oxygens (including phenoxy) is 1. The van der Waals surface area contributed by atoms with Gasteiger partial charge >= 0.3 is 0 Å². The van der Waals surface area contributed by atoms with Gasteiger partial charge in [-0.2, -0.15) is 0 Å². The van der Waals surface area contributed by atoms with E-state index in [0.29, 0.717) is 5.56 Å². The summed E-state index contributed by atoms with van der Waals surface area (Å²) in [6, 6.07) is 12.8. The summed E-state index contributed by atoms with van der Waals surface area (Å²) >= 11 is 0. The van der Waals surface area contributed by atoms with Crippen LogP contribution in [0.5, 0.6) is 5.75 Å². The molecule has 21 heavy (non-hydrogen) atoms. The van der Waals surface area contributed by atoms with Crippen LogP contribution in [0, 0.1) is 12.7 Å². The average Bonchev–Trinajstić information content (AvgIpc) is 2.41. The summed E-state index contributed by atoms with van der Waals surface area (Å²) in [4.78, 5) is 0. The molecule has 0 fully saturated rings. The Morgan fingerprint density at radius 3 is 2.43 bits per heavy atom. The lowest BCUT2D eigenvalue weighted by Gasteiger charge is -2.29. The van der Waals surface area contributed by atoms with Crippen molar-refractivity contribution in [3.8, 4) is 5.75 Å². The third-order valence-electron chi connectivity index (χ3n) is 3.58. The van der Waals surface area contributed by atoms with Gasteiger partial charge in [-0.3, -0.25) is 0 Å². The third-order valence-corrected chi connectivity index (χ3v) is 3.58. The molecule has 1 unspecified atom stereocenters. The molecule has 0 saturated heterocycles. The Morgan fingerprint density at radius 2 is 1.81 bits per heavy atom. The molecule has 1 atom stereocenters. The van der Waals surface area contributed by atoms with Crippen molar-refractivity contribution < 1.29 is 9.13 Å². The fourth-order valence-electron chi connectivity index (χ4n) is 2.32. The number of aryl methyl sites for hydroxylation is 1. The molecule has 2 nitrogen and oxygen atoms in total. The Kier molecular flexibility index (Phi) is 4.33. The van der Waals surface area contributed by atoms with Crippen LogP contribution in [-0.2, 0) is 5.54 Å². The van der Waals surface area contributed by atoms with Crippen molar-refractivity contribution in [2.45, 2.75) is 39.3 Å². The predicted octanol–water partition coefficient (Wildman–Crippen LogP) is 4.14. The van der Waals surface area contributed by atoms with Crippen molar-refractivity contribution >= 4 is 0 Å². The lowest BCUT2D eigenvalue weighted by atomic mass is 9.84. The zero-order valence-electron chi connectivity index (χ0n) is 13.0. The van der Waals surface area contributed by atoms with Crippen LogP contribution in [0.2, 0.25) is 0 Å². The molecule has 2 aromatic rings. The van der Waals surface area contributed by atoms with Crippen molar-refractivity contribution in [1.82, 2.24) is 0 Å². The van der Waals surface area contributed by atoms with Gasteiger partial charge < -0.3 is 10.5 Å². The van der Waals surface area contributed by atoms with Crippen molar-refractivity contribution in [3.05, 3.63) is 65.0 Å². The monoisotopic (exact) mass is 287 g/mol. The maximum atomic E-state index is 13.8. The fourth-order valence-corrected chi connectivity index (χ4v) is 2.32. The summed E-state index contributed by atoms with van der Waals surface area (Å²) in [5.41, 5.74) is 7.88. The van der Waals surface area contributed by atoms with E-state index in [1.807, 2.05) is 51.1 Å². The van der Waals surface area contributed by atoms with Gasteiger partial charge in [0.1, 0.15) is 11.6 Å². The minimum atomic E-state index is -0.819. The Labute approximate surface area is 125 Å². The Hall–Kier alpha value is -1.87. The number of halogens is 1. The molecule has 2 rings (SSSR count). The Bertz CT molecular complexity index is 635. The van der Waals surface area contributed by atoms with Crippen molar-refractivity contribution in [3.63, 3.8) is 0 Å². The predicted molar refractivity (Wildman–Crippen MR) is 84.0 cm³/mol. The number of nitrogens with two attached hydrogens (primary N) is 1. The van der Waals surface area contributed by atoms with E-state index in [2.05, 4.69) is 0 Å². The maximum Gasteiger partial charge on any atom is 0.126 e. The highest BCUT2D eigenvalue weighted by Crippen LogP contribution is 2.34. The molecule has 0 saturated carbocycles. The normalized spacial score (nSPS) is 14.0. The van der Waals surface area contributed by atoms with Gasteiger partial charge in [-0.1, -0.05) is 30.3 Å². The van der Waals surface area contributed by atoms with Crippen LogP contribution < -0.4 is 10.5 Å². The molecular formula is C18H22FNO. The molecule has 112 valence electrons. The summed E-state index contributed by atoms with van der Waals surface area (Å²) in [5.74, 6) is 0.491. The van der Waals surface area contributed by atoms with Crippen LogP contribution >= 0.6 is 0 Å². The summed E-state index contributed by atoms with van der Waals surface area (Å²) in [7, 11) is 0. The van der Waals surface area contributed by atoms with E-state index < -0.39 is 5.54 Å². The van der Waals surface area contributed by atoms with Gasteiger partial charge in [0.15, 0.2) is 0 Å². The second-order valence-corrected chi connectivity index (χ2v) is 5.83. The second-order valence-electron chi connectivity index (χ2n) is 5.83. The molecule has 0 amide bonds. The van der Waals surface area contributed by atoms with Crippen LogP contribution in [0.4, 0.5) is 4.39 Å². The molecule has 3 heteroatoms. The molecular weight excluding hydrogens is 265 g/mol. The number of rotatable bonds is 4. The van der Waals surface area contributed by atoms with E-state index in [4.69, 9.17) is 10.5 Å². The van der Waals surface area contributed by atoms with Gasteiger partial charge in [0.25, 0.3) is 0 Å². The van der Waals surface area contributed by atoms with E-state index >= 15 is 0 Å². The fraction of sp³-hybridized carbons (Fsp3) is 0.333. The number of benzene rings is 2. The highest BCUT2D eigenvalue weighted by Gasteiger charge is 2.28. The van der Waals surface area contributed by atoms with Gasteiger partial charge in [-0.15, -0.1) is 0 Å². The van der Waals surface area contributed by atoms with Crippen LogP contribution in [0.3, 0.4) is 0 Å². The minimum Gasteiger partial charge on any atom is -0.491 e. The zero-order chi connectivity index (χ0) is 15.6. The number of para-hydroxylation sites is 1. The van der Waals surface area contributed by atoms with Gasteiger partial charge in [-0.05, 0) is 51.0 Å². The van der Waals surface area contributed by atoms with Gasteiger partial charge in [0, 0.05) is 5.56 Å². The molecule has 0 aromatic heterocycles.